The summed E-state index contributed by atoms with van der Waals surface area (Å²) in [5.41, 5.74) is 2.63. The van der Waals surface area contributed by atoms with Crippen LogP contribution in [-0.2, 0) is 12.8 Å². The van der Waals surface area contributed by atoms with E-state index in [1.54, 1.807) is 24.3 Å². The summed E-state index contributed by atoms with van der Waals surface area (Å²) in [7, 11) is 0. The van der Waals surface area contributed by atoms with Crippen molar-refractivity contribution in [1.82, 2.24) is 0 Å². The van der Waals surface area contributed by atoms with Gasteiger partial charge in [-0.3, -0.25) is 0 Å². The highest BCUT2D eigenvalue weighted by molar-refractivity contribution is 5.89. The van der Waals surface area contributed by atoms with Crippen molar-refractivity contribution in [2.75, 3.05) is 0 Å². The summed E-state index contributed by atoms with van der Waals surface area (Å²) >= 11 is 0. The third-order valence-electron chi connectivity index (χ3n) is 4.64. The van der Waals surface area contributed by atoms with Gasteiger partial charge in [0.05, 0.1) is 11.1 Å². The van der Waals surface area contributed by atoms with E-state index in [4.69, 9.17) is 0 Å². The first-order chi connectivity index (χ1) is 12.6. The van der Waals surface area contributed by atoms with Crippen molar-refractivity contribution in [3.05, 3.63) is 70.8 Å². The summed E-state index contributed by atoms with van der Waals surface area (Å²) in [5.74, 6) is -1.72. The van der Waals surface area contributed by atoms with Crippen molar-refractivity contribution >= 4 is 11.9 Å². The zero-order valence-electron chi connectivity index (χ0n) is 15.0. The minimum absolute atomic E-state index is 0.407. The Labute approximate surface area is 154 Å². The minimum Gasteiger partial charge on any atom is -0.478 e. The molecule has 0 saturated carbocycles. The quantitative estimate of drug-likeness (QED) is 0.543. The molecule has 0 unspecified atom stereocenters. The summed E-state index contributed by atoms with van der Waals surface area (Å²) in [6.45, 7) is 0. The molecule has 0 bridgehead atoms. The third-order valence-corrected chi connectivity index (χ3v) is 4.64. The van der Waals surface area contributed by atoms with Gasteiger partial charge in [0.1, 0.15) is 0 Å². The van der Waals surface area contributed by atoms with Crippen molar-refractivity contribution in [3.63, 3.8) is 0 Å². The molecular weight excluding hydrogens is 328 g/mol. The Morgan fingerprint density at radius 1 is 0.577 bits per heavy atom. The van der Waals surface area contributed by atoms with Gasteiger partial charge in [-0.1, -0.05) is 62.1 Å². The molecule has 2 rings (SSSR count). The number of carboxylic acid groups (broad SMARTS) is 2. The molecule has 4 heteroatoms. The molecular formula is C22H26O4. The number of carboxylic acids is 2. The number of aromatic carboxylic acids is 2. The van der Waals surface area contributed by atoms with Crippen molar-refractivity contribution < 1.29 is 19.8 Å². The lowest BCUT2D eigenvalue weighted by Gasteiger charge is -2.07. The van der Waals surface area contributed by atoms with Crippen LogP contribution < -0.4 is 0 Å². The highest BCUT2D eigenvalue weighted by Gasteiger charge is 2.09. The smallest absolute Gasteiger partial charge is 0.335 e. The van der Waals surface area contributed by atoms with Gasteiger partial charge in [0.25, 0.3) is 0 Å². The maximum Gasteiger partial charge on any atom is 0.335 e. The molecule has 2 N–H and O–H groups in total. The predicted molar refractivity (Wildman–Crippen MR) is 102 cm³/mol. The van der Waals surface area contributed by atoms with E-state index in [0.717, 1.165) is 62.5 Å². The molecule has 2 aromatic carbocycles. The SMILES string of the molecule is O=C(O)c1ccccc1CCCCCCCCc1ccccc1C(=O)O. The van der Waals surface area contributed by atoms with Gasteiger partial charge in [0.15, 0.2) is 0 Å². The Hall–Kier alpha value is -2.62. The molecule has 138 valence electrons. The maximum atomic E-state index is 11.2. The maximum absolute atomic E-state index is 11.2. The van der Waals surface area contributed by atoms with Gasteiger partial charge in [-0.25, -0.2) is 9.59 Å². The second-order valence-electron chi connectivity index (χ2n) is 6.55. The number of rotatable bonds is 11. The number of hydrogen-bond donors (Lipinski definition) is 2. The number of carbonyl (C=O) groups is 2. The van der Waals surface area contributed by atoms with E-state index in [1.165, 1.54) is 0 Å². The monoisotopic (exact) mass is 354 g/mol. The molecule has 0 saturated heterocycles. The first-order valence-corrected chi connectivity index (χ1v) is 9.22. The summed E-state index contributed by atoms with van der Waals surface area (Å²) in [6, 6.07) is 14.4. The Kier molecular flexibility index (Phi) is 7.87. The molecule has 0 aliphatic carbocycles. The van der Waals surface area contributed by atoms with Crippen LogP contribution in [0.2, 0.25) is 0 Å². The predicted octanol–water partition coefficient (Wildman–Crippen LogP) is 5.21. The summed E-state index contributed by atoms with van der Waals surface area (Å²) in [5, 5.41) is 18.4. The van der Waals surface area contributed by atoms with Crippen LogP contribution in [0.4, 0.5) is 0 Å². The number of unbranched alkanes of at least 4 members (excludes halogenated alkanes) is 5. The van der Waals surface area contributed by atoms with E-state index in [2.05, 4.69) is 0 Å². The zero-order valence-corrected chi connectivity index (χ0v) is 15.0. The van der Waals surface area contributed by atoms with Gasteiger partial charge in [0.2, 0.25) is 0 Å². The lowest BCUT2D eigenvalue weighted by Crippen LogP contribution is -2.02. The molecule has 0 heterocycles. The first-order valence-electron chi connectivity index (χ1n) is 9.22. The highest BCUT2D eigenvalue weighted by Crippen LogP contribution is 2.16. The molecule has 0 spiro atoms. The lowest BCUT2D eigenvalue weighted by molar-refractivity contribution is 0.0684. The van der Waals surface area contributed by atoms with Gasteiger partial charge in [-0.2, -0.15) is 0 Å². The van der Waals surface area contributed by atoms with E-state index < -0.39 is 11.9 Å². The molecule has 0 fully saturated rings. The topological polar surface area (TPSA) is 74.6 Å². The molecule has 26 heavy (non-hydrogen) atoms. The van der Waals surface area contributed by atoms with Crippen LogP contribution in [0.3, 0.4) is 0 Å². The second kappa shape index (κ2) is 10.4. The van der Waals surface area contributed by atoms with Gasteiger partial charge in [0, 0.05) is 0 Å². The molecule has 2 aromatic rings. The molecule has 0 aliphatic heterocycles. The van der Waals surface area contributed by atoms with Crippen LogP contribution in [0.5, 0.6) is 0 Å². The van der Waals surface area contributed by atoms with Crippen molar-refractivity contribution in [3.8, 4) is 0 Å². The molecule has 0 aliphatic rings. The zero-order chi connectivity index (χ0) is 18.8. The fourth-order valence-corrected chi connectivity index (χ4v) is 3.23. The van der Waals surface area contributed by atoms with E-state index in [-0.39, 0.29) is 0 Å². The van der Waals surface area contributed by atoms with Crippen LogP contribution in [-0.4, -0.2) is 22.2 Å². The molecule has 4 nitrogen and oxygen atoms in total. The fourth-order valence-electron chi connectivity index (χ4n) is 3.23. The van der Waals surface area contributed by atoms with Gasteiger partial charge < -0.3 is 10.2 Å². The number of hydrogen-bond acceptors (Lipinski definition) is 2. The van der Waals surface area contributed by atoms with Crippen molar-refractivity contribution in [1.29, 1.82) is 0 Å². The van der Waals surface area contributed by atoms with E-state index in [9.17, 15) is 19.8 Å². The highest BCUT2D eigenvalue weighted by atomic mass is 16.4. The second-order valence-corrected chi connectivity index (χ2v) is 6.55. The fraction of sp³-hybridized carbons (Fsp3) is 0.364. The van der Waals surface area contributed by atoms with Crippen molar-refractivity contribution in [2.24, 2.45) is 0 Å². The summed E-state index contributed by atoms with van der Waals surface area (Å²) in [4.78, 5) is 22.4. The Bertz CT molecular complexity index is 673. The van der Waals surface area contributed by atoms with Crippen LogP contribution >= 0.6 is 0 Å². The average molecular weight is 354 g/mol. The lowest BCUT2D eigenvalue weighted by atomic mass is 9.99. The number of aryl methyl sites for hydroxylation is 2. The normalized spacial score (nSPS) is 10.6. The van der Waals surface area contributed by atoms with Gasteiger partial charge >= 0.3 is 11.9 Å². The van der Waals surface area contributed by atoms with Crippen LogP contribution in [0.1, 0.15) is 70.4 Å². The van der Waals surface area contributed by atoms with Gasteiger partial charge in [-0.05, 0) is 48.9 Å². The first kappa shape index (κ1) is 19.7. The Morgan fingerprint density at radius 3 is 1.31 bits per heavy atom. The van der Waals surface area contributed by atoms with E-state index >= 15 is 0 Å². The molecule has 0 amide bonds. The molecule has 0 aromatic heterocycles. The standard InChI is InChI=1S/C22H26O4/c23-21(24)19-15-9-7-13-17(19)11-5-3-1-2-4-6-12-18-14-8-10-16-20(18)22(25)26/h7-10,13-16H,1-6,11-12H2,(H,23,24)(H,25,26). The Morgan fingerprint density at radius 2 is 0.923 bits per heavy atom. The van der Waals surface area contributed by atoms with Crippen LogP contribution in [0.25, 0.3) is 0 Å². The Balaban J connectivity index is 1.62. The number of benzene rings is 2. The summed E-state index contributed by atoms with van der Waals surface area (Å²) < 4.78 is 0. The summed E-state index contributed by atoms with van der Waals surface area (Å²) in [6.07, 6.45) is 7.99. The van der Waals surface area contributed by atoms with Crippen molar-refractivity contribution in [2.45, 2.75) is 51.4 Å². The van der Waals surface area contributed by atoms with E-state index in [0.29, 0.717) is 11.1 Å². The minimum atomic E-state index is -0.859. The van der Waals surface area contributed by atoms with Gasteiger partial charge in [-0.15, -0.1) is 0 Å². The average Bonchev–Trinajstić information content (AvgIpc) is 2.64. The van der Waals surface area contributed by atoms with Crippen LogP contribution in [0, 0.1) is 0 Å². The van der Waals surface area contributed by atoms with E-state index in [1.807, 2.05) is 24.3 Å². The largest absolute Gasteiger partial charge is 0.478 e. The van der Waals surface area contributed by atoms with Crippen LogP contribution in [0.15, 0.2) is 48.5 Å². The third kappa shape index (κ3) is 6.03. The molecule has 0 atom stereocenters. The molecule has 0 radical (unpaired) electrons.